The van der Waals surface area contributed by atoms with Gasteiger partial charge in [-0.05, 0) is 176 Å². The Balaban J connectivity index is 0.778. The van der Waals surface area contributed by atoms with Crippen LogP contribution in [0.1, 0.15) is 0 Å². The second-order valence-corrected chi connectivity index (χ2v) is 26.8. The number of ether oxygens (including phenoxy) is 6. The lowest BCUT2D eigenvalue weighted by Crippen LogP contribution is -2.57. The average Bonchev–Trinajstić information content (AvgIpc) is 0.748. The molecule has 12 heteroatoms. The van der Waals surface area contributed by atoms with Gasteiger partial charge in [0.15, 0.2) is 0 Å². The van der Waals surface area contributed by atoms with Gasteiger partial charge in [0.05, 0.1) is 0 Å². The molecule has 22 rings (SSSR count). The highest BCUT2D eigenvalue weighted by atomic mass is 16.5. The lowest BCUT2D eigenvalue weighted by molar-refractivity contribution is 0.467. The van der Waals surface area contributed by atoms with E-state index in [2.05, 4.69) is 324 Å². The van der Waals surface area contributed by atoms with Crippen LogP contribution in [-0.4, -0.2) is 20.1 Å². The lowest BCUT2D eigenvalue weighted by Gasteiger charge is -2.36. The Hall–Kier alpha value is -13.3. The maximum Gasteiger partial charge on any atom is 0.260 e. The van der Waals surface area contributed by atoms with E-state index in [4.69, 9.17) is 28.4 Å². The van der Waals surface area contributed by atoms with E-state index in [9.17, 15) is 0 Å². The van der Waals surface area contributed by atoms with E-state index in [-0.39, 0.29) is 20.1 Å². The van der Waals surface area contributed by atoms with Gasteiger partial charge in [-0.1, -0.05) is 182 Å². The molecule has 9 nitrogen and oxygen atoms in total. The van der Waals surface area contributed by atoms with Crippen molar-refractivity contribution in [3.63, 3.8) is 0 Å². The summed E-state index contributed by atoms with van der Waals surface area (Å²) in [5.74, 6) is 9.17. The van der Waals surface area contributed by atoms with Crippen molar-refractivity contribution in [1.82, 2.24) is 0 Å². The molecule has 0 spiro atoms. The third-order valence-electron chi connectivity index (χ3n) is 21.3. The lowest BCUT2D eigenvalue weighted by atomic mass is 9.34. The van der Waals surface area contributed by atoms with Gasteiger partial charge in [0.25, 0.3) is 20.1 Å². The number of anilines is 9. The minimum atomic E-state index is -0.258. The standard InChI is InChI=1S/C90H54B3N3O6/c1-7-22-55(23-8-1)94(56-24-9-2-10-25-56)61-40-46-67-79(52-61)97-73-34-19-37-76-85(73)91(67)70-49-43-64-82(88(70)100-76)65-44-50-71-90(102-78-39-21-36-75-87(78)92(71)68-47-41-62(53-80(68)99-75)95(57-26-11-3-12-27-57)58-28-13-4-14-29-58)84(65)66-45-51-72-89(83(64)66)101-77-38-20-35-74-86(77)93(72)69-48-42-63(54-81(69)98-74)96(59-30-15-5-16-31-59)60-32-17-6-18-33-60/h1-54H. The fourth-order valence-electron chi connectivity index (χ4n) is 17.1. The zero-order valence-corrected chi connectivity index (χ0v) is 54.7. The van der Waals surface area contributed by atoms with Gasteiger partial charge in [0.2, 0.25) is 0 Å². The van der Waals surface area contributed by atoms with Crippen LogP contribution in [0.15, 0.2) is 328 Å². The molecule has 16 aromatic carbocycles. The second-order valence-electron chi connectivity index (χ2n) is 26.8. The van der Waals surface area contributed by atoms with Gasteiger partial charge in [-0.25, -0.2) is 0 Å². The maximum atomic E-state index is 7.59. The molecular weight excluding hydrogens is 1250 g/mol. The number of fused-ring (bicyclic) bond motifs is 21. The zero-order chi connectivity index (χ0) is 66.7. The first-order valence-electron chi connectivity index (χ1n) is 34.7. The largest absolute Gasteiger partial charge is 0.458 e. The highest BCUT2D eigenvalue weighted by molar-refractivity contribution is 7.00. The van der Waals surface area contributed by atoms with Crippen molar-refractivity contribution in [2.24, 2.45) is 0 Å². The highest BCUT2D eigenvalue weighted by Crippen LogP contribution is 2.52. The minimum Gasteiger partial charge on any atom is -0.458 e. The molecule has 102 heavy (non-hydrogen) atoms. The Bertz CT molecular complexity index is 5450. The topological polar surface area (TPSA) is 65.1 Å². The predicted molar refractivity (Wildman–Crippen MR) is 416 cm³/mol. The molecule has 0 amide bonds. The molecule has 0 atom stereocenters. The summed E-state index contributed by atoms with van der Waals surface area (Å²) in [6.07, 6.45) is 0. The van der Waals surface area contributed by atoms with Crippen molar-refractivity contribution in [3.8, 4) is 69.0 Å². The van der Waals surface area contributed by atoms with Crippen molar-refractivity contribution in [3.05, 3.63) is 328 Å². The Morgan fingerprint density at radius 3 is 0.647 bits per heavy atom. The Morgan fingerprint density at radius 1 is 0.176 bits per heavy atom. The van der Waals surface area contributed by atoms with Gasteiger partial charge < -0.3 is 43.1 Å². The Morgan fingerprint density at radius 2 is 0.402 bits per heavy atom. The minimum absolute atomic E-state index is 0.258. The van der Waals surface area contributed by atoms with Crippen LogP contribution in [0.25, 0.3) is 32.3 Å². The molecule has 16 aromatic rings. The maximum absolute atomic E-state index is 7.59. The van der Waals surface area contributed by atoms with Crippen LogP contribution >= 0.6 is 0 Å². The number of para-hydroxylation sites is 6. The summed E-state index contributed by atoms with van der Waals surface area (Å²) in [6, 6.07) is 116. The van der Waals surface area contributed by atoms with Crippen LogP contribution in [0.4, 0.5) is 51.2 Å². The molecule has 6 heterocycles. The monoisotopic (exact) mass is 1310 g/mol. The van der Waals surface area contributed by atoms with Crippen molar-refractivity contribution in [2.45, 2.75) is 0 Å². The van der Waals surface area contributed by atoms with Crippen molar-refractivity contribution in [1.29, 1.82) is 0 Å². The van der Waals surface area contributed by atoms with E-state index in [0.717, 1.165) is 202 Å². The van der Waals surface area contributed by atoms with Crippen LogP contribution in [-0.2, 0) is 0 Å². The fourth-order valence-corrected chi connectivity index (χ4v) is 17.1. The third kappa shape index (κ3) is 8.44. The quantitative estimate of drug-likeness (QED) is 0.104. The Labute approximate surface area is 589 Å². The normalized spacial score (nSPS) is 13.1. The zero-order valence-electron chi connectivity index (χ0n) is 54.7. The van der Waals surface area contributed by atoms with Crippen LogP contribution in [0.2, 0.25) is 0 Å². The van der Waals surface area contributed by atoms with E-state index in [1.165, 1.54) is 0 Å². The average molecular weight is 1310 g/mol. The molecule has 6 aliphatic heterocycles. The molecule has 0 saturated carbocycles. The first kappa shape index (κ1) is 56.7. The van der Waals surface area contributed by atoms with E-state index < -0.39 is 0 Å². The summed E-state index contributed by atoms with van der Waals surface area (Å²) < 4.78 is 44.0. The fraction of sp³-hybridized carbons (Fsp3) is 0. The Kier molecular flexibility index (Phi) is 12.3. The van der Waals surface area contributed by atoms with Crippen LogP contribution in [0.5, 0.6) is 69.0 Å². The first-order valence-corrected chi connectivity index (χ1v) is 34.7. The van der Waals surface area contributed by atoms with Gasteiger partial charge in [-0.15, -0.1) is 0 Å². The van der Waals surface area contributed by atoms with Crippen molar-refractivity contribution < 1.29 is 28.4 Å². The molecule has 0 aromatic heterocycles. The van der Waals surface area contributed by atoms with E-state index >= 15 is 0 Å². The number of hydrogen-bond donors (Lipinski definition) is 0. The second kappa shape index (κ2) is 22.1. The summed E-state index contributed by atoms with van der Waals surface area (Å²) in [6.45, 7) is -0.773. The number of nitrogens with zero attached hydrogens (tertiary/aromatic N) is 3. The van der Waals surface area contributed by atoms with Crippen molar-refractivity contribution in [2.75, 3.05) is 14.7 Å². The molecular formula is C90H54B3N3O6. The summed E-state index contributed by atoms with van der Waals surface area (Å²) in [4.78, 5) is 6.85. The first-order chi connectivity index (χ1) is 50.6. The number of rotatable bonds is 9. The van der Waals surface area contributed by atoms with E-state index in [0.29, 0.717) is 0 Å². The molecule has 0 bridgehead atoms. The van der Waals surface area contributed by atoms with Crippen LogP contribution in [0, 0.1) is 0 Å². The molecule has 0 fully saturated rings. The SMILES string of the molecule is c1ccc(N(c2ccccc2)c2ccc3c(c2)Oc2cccc4c2B3c2ccc3c(c2O4)c2ccc4c(c2c2ccc5c(c32)Oc2cccc3c2B5c2ccc(N(c5ccccc5)c5ccccc5)cc2O3)Oc2cccc3c2B4c2ccc(N(c4ccccc4)c4ccccc4)cc2O3)cc1. The van der Waals surface area contributed by atoms with Gasteiger partial charge in [0.1, 0.15) is 69.0 Å². The number of benzene rings is 16. The van der Waals surface area contributed by atoms with E-state index in [1.807, 2.05) is 18.2 Å². The van der Waals surface area contributed by atoms with Crippen LogP contribution < -0.4 is 92.3 Å². The van der Waals surface area contributed by atoms with Gasteiger partial charge in [0, 0.05) is 102 Å². The van der Waals surface area contributed by atoms with Gasteiger partial charge in [-0.2, -0.15) is 0 Å². The van der Waals surface area contributed by atoms with Crippen molar-refractivity contribution >= 4 is 153 Å². The van der Waals surface area contributed by atoms with Crippen LogP contribution in [0.3, 0.4) is 0 Å². The number of hydrogen-bond acceptors (Lipinski definition) is 9. The van der Waals surface area contributed by atoms with E-state index in [1.54, 1.807) is 0 Å². The summed E-state index contributed by atoms with van der Waals surface area (Å²) in [7, 11) is 0. The molecule has 474 valence electrons. The van der Waals surface area contributed by atoms with Gasteiger partial charge >= 0.3 is 0 Å². The summed E-state index contributed by atoms with van der Waals surface area (Å²) >= 11 is 0. The summed E-state index contributed by atoms with van der Waals surface area (Å²) in [5, 5.41) is 5.83. The van der Waals surface area contributed by atoms with Gasteiger partial charge in [-0.3, -0.25) is 0 Å². The molecule has 0 unspecified atom stereocenters. The predicted octanol–water partition coefficient (Wildman–Crippen LogP) is 17.7. The highest BCUT2D eigenvalue weighted by Gasteiger charge is 2.46. The molecule has 0 aliphatic carbocycles. The molecule has 0 saturated heterocycles. The molecule has 0 N–H and O–H groups in total. The third-order valence-corrected chi connectivity index (χ3v) is 21.3. The smallest absolute Gasteiger partial charge is 0.260 e. The molecule has 0 radical (unpaired) electrons. The molecule has 6 aliphatic rings. The summed E-state index contributed by atoms with van der Waals surface area (Å²) in [5.41, 5.74) is 18.4.